The van der Waals surface area contributed by atoms with E-state index in [1.165, 1.54) is 0 Å². The molecule has 0 amide bonds. The number of hydrogen-bond donors (Lipinski definition) is 0. The molecule has 52 heavy (non-hydrogen) atoms. The van der Waals surface area contributed by atoms with Gasteiger partial charge in [-0.05, 0) is 97.1 Å². The zero-order chi connectivity index (χ0) is 35.7. The van der Waals surface area contributed by atoms with Crippen LogP contribution in [-0.2, 0) is 0 Å². The predicted molar refractivity (Wildman–Crippen MR) is 200 cm³/mol. The molecule has 1 aliphatic rings. The van der Waals surface area contributed by atoms with Crippen molar-refractivity contribution in [2.45, 2.75) is 0 Å². The highest BCUT2D eigenvalue weighted by atomic mass is 31.3. The number of rotatable bonds is 12. The third kappa shape index (κ3) is 8.38. The van der Waals surface area contributed by atoms with E-state index in [0.29, 0.717) is 34.1 Å². The Morgan fingerprint density at radius 1 is 0.308 bits per heavy atom. The summed E-state index contributed by atoms with van der Waals surface area (Å²) in [7, 11) is -12.1. The van der Waals surface area contributed by atoms with Gasteiger partial charge >= 0.3 is 23.0 Å². The number of nitrogens with zero attached hydrogens (tertiary/aromatic N) is 5. The van der Waals surface area contributed by atoms with Crippen molar-refractivity contribution in [1.82, 2.24) is 0 Å². The van der Waals surface area contributed by atoms with E-state index in [0.717, 1.165) is 0 Å². The molecule has 0 radical (unpaired) electrons. The first-order valence-corrected chi connectivity index (χ1v) is 20.3. The lowest BCUT2D eigenvalue weighted by atomic mass is 10.2. The summed E-state index contributed by atoms with van der Waals surface area (Å²) in [5.74, 6) is 2.15. The molecule has 6 aromatic rings. The van der Waals surface area contributed by atoms with Gasteiger partial charge in [-0.15, -0.1) is 0 Å². The number of para-hydroxylation sites is 4. The van der Waals surface area contributed by atoms with Crippen LogP contribution in [0.25, 0.3) is 0 Å². The van der Waals surface area contributed by atoms with Crippen LogP contribution in [0.2, 0.25) is 0 Å². The van der Waals surface area contributed by atoms with E-state index in [9.17, 15) is 10.5 Å². The van der Waals surface area contributed by atoms with Crippen LogP contribution in [0.1, 0.15) is 11.1 Å². The number of hydrogen-bond acceptors (Lipinski definition) is 11. The third-order valence-corrected chi connectivity index (χ3v) is 15.1. The molecule has 256 valence electrons. The Morgan fingerprint density at radius 3 is 0.731 bits per heavy atom. The van der Waals surface area contributed by atoms with Crippen LogP contribution in [0.5, 0.6) is 34.5 Å². The third-order valence-electron chi connectivity index (χ3n) is 6.96. The summed E-state index contributed by atoms with van der Waals surface area (Å²) < 4.78 is 55.7. The second kappa shape index (κ2) is 15.4. The molecule has 0 unspecified atom stereocenters. The largest absolute Gasteiger partial charge is 0.460 e. The number of benzene rings is 6. The molecule has 0 bridgehead atoms. The van der Waals surface area contributed by atoms with Gasteiger partial charge in [0, 0.05) is 0 Å². The molecule has 11 nitrogen and oxygen atoms in total. The van der Waals surface area contributed by atoms with E-state index in [1.54, 1.807) is 97.1 Å². The smallest absolute Gasteiger partial charge is 0.413 e. The summed E-state index contributed by atoms with van der Waals surface area (Å²) in [6.07, 6.45) is 0. The van der Waals surface area contributed by atoms with Crippen molar-refractivity contribution in [1.29, 1.82) is 10.5 Å². The highest BCUT2D eigenvalue weighted by Gasteiger charge is 2.48. The minimum absolute atomic E-state index is 0.283. The zero-order valence-corrected chi connectivity index (χ0v) is 29.9. The van der Waals surface area contributed by atoms with Gasteiger partial charge in [0.1, 0.15) is 34.5 Å². The van der Waals surface area contributed by atoms with E-state index < -0.39 is 23.0 Å². The van der Waals surface area contributed by atoms with Gasteiger partial charge in [-0.2, -0.15) is 10.5 Å². The summed E-state index contributed by atoms with van der Waals surface area (Å²) in [4.78, 5) is 0. The van der Waals surface area contributed by atoms with Gasteiger partial charge in [0.15, 0.2) is 0 Å². The van der Waals surface area contributed by atoms with Crippen LogP contribution in [0, 0.1) is 22.7 Å². The molecule has 0 saturated carbocycles. The number of nitriles is 2. The Balaban J connectivity index is 1.55. The van der Waals surface area contributed by atoms with E-state index in [1.807, 2.05) is 72.8 Å². The molecule has 14 heteroatoms. The fraction of sp³-hybridized carbons (Fsp3) is 0. The molecular formula is C38H28N5O6P3. The van der Waals surface area contributed by atoms with Crippen LogP contribution in [0.15, 0.2) is 183 Å². The summed E-state index contributed by atoms with van der Waals surface area (Å²) >= 11 is 0. The minimum Gasteiger partial charge on any atom is -0.413 e. The first kappa shape index (κ1) is 34.2. The second-order valence-electron chi connectivity index (χ2n) is 10.8. The lowest BCUT2D eigenvalue weighted by Gasteiger charge is -2.33. The molecule has 0 spiro atoms. The predicted octanol–water partition coefficient (Wildman–Crippen LogP) is 12.1. The van der Waals surface area contributed by atoms with E-state index in [-0.39, 0.29) is 11.5 Å². The van der Waals surface area contributed by atoms with E-state index in [4.69, 9.17) is 40.7 Å². The highest BCUT2D eigenvalue weighted by molar-refractivity contribution is 7.79. The van der Waals surface area contributed by atoms with Crippen molar-refractivity contribution >= 4 is 23.0 Å². The topological polar surface area (TPSA) is 140 Å². The monoisotopic (exact) mass is 743 g/mol. The lowest BCUT2D eigenvalue weighted by Crippen LogP contribution is -2.11. The van der Waals surface area contributed by atoms with Gasteiger partial charge < -0.3 is 27.1 Å². The van der Waals surface area contributed by atoms with Crippen molar-refractivity contribution in [3.05, 3.63) is 181 Å². The second-order valence-corrected chi connectivity index (χ2v) is 17.0. The lowest BCUT2D eigenvalue weighted by molar-refractivity contribution is 0.443. The molecule has 1 aliphatic heterocycles. The average Bonchev–Trinajstić information content (AvgIpc) is 3.16. The van der Waals surface area contributed by atoms with Gasteiger partial charge in [-0.3, -0.25) is 0 Å². The van der Waals surface area contributed by atoms with Crippen LogP contribution in [0.3, 0.4) is 0 Å². The van der Waals surface area contributed by atoms with Gasteiger partial charge in [0.2, 0.25) is 0 Å². The summed E-state index contributed by atoms with van der Waals surface area (Å²) in [6, 6.07) is 53.1. The Labute approximate surface area is 301 Å². The van der Waals surface area contributed by atoms with Gasteiger partial charge in [0.25, 0.3) is 0 Å². The van der Waals surface area contributed by atoms with Crippen molar-refractivity contribution in [3.8, 4) is 46.6 Å². The SMILES string of the molecule is N#Cc1ccc(OP2(Oc3ccc(C#N)cc3)=NP(Oc3ccccc3)(Oc3ccccc3)=NP(Oc3ccccc3)(Oc3ccccc3)=N2)cc1. The molecule has 0 fully saturated rings. The highest BCUT2D eigenvalue weighted by Crippen LogP contribution is 2.78. The molecule has 0 saturated heterocycles. The normalized spacial score (nSPS) is 14.7. The zero-order valence-electron chi connectivity index (χ0n) is 27.2. The maximum atomic E-state index is 9.50. The first-order valence-electron chi connectivity index (χ1n) is 15.8. The Hall–Kier alpha value is -6.21. The standard InChI is InChI=1S/C38H28N5O6P3/c39-29-31-21-25-37(26-22-31)48-52(49-38-27-23-32(30-40)24-28-38)42-50(44-33-13-5-1-6-14-33,45-34-15-7-2-8-16-34)41-51(43-52,46-35-17-9-3-10-18-35)47-36-19-11-4-12-20-36/h1-28H. The van der Waals surface area contributed by atoms with Crippen molar-refractivity contribution in [2.24, 2.45) is 13.5 Å². The molecular weight excluding hydrogens is 715 g/mol. The van der Waals surface area contributed by atoms with Crippen LogP contribution < -0.4 is 27.1 Å². The van der Waals surface area contributed by atoms with Crippen molar-refractivity contribution in [2.75, 3.05) is 0 Å². The van der Waals surface area contributed by atoms with Crippen molar-refractivity contribution in [3.63, 3.8) is 0 Å². The molecule has 0 N–H and O–H groups in total. The molecule has 0 aromatic heterocycles. The fourth-order valence-electron chi connectivity index (χ4n) is 4.69. The molecule has 1 heterocycles. The molecule has 0 atom stereocenters. The minimum atomic E-state index is -4.08. The molecule has 6 aromatic carbocycles. The van der Waals surface area contributed by atoms with Gasteiger partial charge in [-0.1, -0.05) is 86.3 Å². The Kier molecular flexibility index (Phi) is 10.1. The first-order chi connectivity index (χ1) is 25.5. The maximum absolute atomic E-state index is 9.50. The van der Waals surface area contributed by atoms with Gasteiger partial charge in [0.05, 0.1) is 23.3 Å². The molecule has 0 aliphatic carbocycles. The Morgan fingerprint density at radius 2 is 0.519 bits per heavy atom. The van der Waals surface area contributed by atoms with Gasteiger partial charge in [-0.25, -0.2) is 0 Å². The summed E-state index contributed by atoms with van der Waals surface area (Å²) in [6.45, 7) is 0. The maximum Gasteiger partial charge on any atom is 0.460 e. The average molecular weight is 744 g/mol. The Bertz CT molecular complexity index is 2160. The summed E-state index contributed by atoms with van der Waals surface area (Å²) in [5.41, 5.74) is 0.840. The summed E-state index contributed by atoms with van der Waals surface area (Å²) in [5, 5.41) is 19.0. The van der Waals surface area contributed by atoms with Crippen molar-refractivity contribution < 1.29 is 27.1 Å². The quantitative estimate of drug-likeness (QED) is 0.113. The molecule has 7 rings (SSSR count). The van der Waals surface area contributed by atoms with Crippen LogP contribution >= 0.6 is 23.0 Å². The van der Waals surface area contributed by atoms with E-state index in [2.05, 4.69) is 12.1 Å². The van der Waals surface area contributed by atoms with E-state index >= 15 is 0 Å². The van der Waals surface area contributed by atoms with Crippen LogP contribution in [-0.4, -0.2) is 0 Å². The van der Waals surface area contributed by atoms with Crippen LogP contribution in [0.4, 0.5) is 0 Å². The fourth-order valence-corrected chi connectivity index (χ4v) is 13.8.